The number of benzene rings is 1. The van der Waals surface area contributed by atoms with E-state index in [1.54, 1.807) is 42.9 Å². The number of nitrogens with zero attached hydrogens (tertiary/aromatic N) is 3. The van der Waals surface area contributed by atoms with Crippen LogP contribution in [0.25, 0.3) is 23.2 Å². The van der Waals surface area contributed by atoms with Crippen LogP contribution in [0, 0.1) is 0 Å². The van der Waals surface area contributed by atoms with Crippen LogP contribution in [-0.2, 0) is 0 Å². The van der Waals surface area contributed by atoms with Crippen LogP contribution in [0.15, 0.2) is 47.3 Å². The van der Waals surface area contributed by atoms with Crippen LogP contribution in [0.2, 0.25) is 0 Å². The number of hydrogen-bond acceptors (Lipinski definition) is 6. The first-order valence-corrected chi connectivity index (χ1v) is 7.89. The highest BCUT2D eigenvalue weighted by Crippen LogP contribution is 2.19. The van der Waals surface area contributed by atoms with Gasteiger partial charge in [0.2, 0.25) is 5.13 Å². The lowest BCUT2D eigenvalue weighted by molar-refractivity contribution is 0.102. The quantitative estimate of drug-likeness (QED) is 0.594. The molecule has 0 bridgehead atoms. The molecule has 4 aromatic rings. The number of fused-ring (bicyclic) bond motifs is 1. The van der Waals surface area contributed by atoms with Crippen LogP contribution in [-0.4, -0.2) is 26.1 Å². The van der Waals surface area contributed by atoms with Crippen molar-refractivity contribution in [3.05, 3.63) is 59.3 Å². The van der Waals surface area contributed by atoms with Gasteiger partial charge in [-0.3, -0.25) is 10.1 Å². The van der Waals surface area contributed by atoms with Gasteiger partial charge in [-0.2, -0.15) is 0 Å². The maximum absolute atomic E-state index is 12.3. The fraction of sp³-hybridized carbons (Fsp3) is 0. The zero-order valence-electron chi connectivity index (χ0n) is 12.3. The maximum atomic E-state index is 12.3. The molecule has 0 unspecified atom stereocenters. The Balaban J connectivity index is 1.47. The third kappa shape index (κ3) is 2.95. The number of H-pyrrole nitrogens is 1. The average molecular weight is 337 g/mol. The predicted octanol–water partition coefficient (Wildman–Crippen LogP) is 3.43. The summed E-state index contributed by atoms with van der Waals surface area (Å²) in [6.07, 6.45) is 6.76. The first-order valence-electron chi connectivity index (χ1n) is 7.07. The second-order valence-corrected chi connectivity index (χ2v) is 5.89. The number of anilines is 1. The van der Waals surface area contributed by atoms with Gasteiger partial charge in [0.25, 0.3) is 5.91 Å². The van der Waals surface area contributed by atoms with E-state index < -0.39 is 0 Å². The lowest BCUT2D eigenvalue weighted by atomic mass is 10.2. The van der Waals surface area contributed by atoms with Gasteiger partial charge in [0.05, 0.1) is 23.6 Å². The van der Waals surface area contributed by atoms with Crippen LogP contribution >= 0.6 is 11.3 Å². The molecule has 118 valence electrons. The Bertz CT molecular complexity index is 1020. The number of amides is 1. The third-order valence-electron chi connectivity index (χ3n) is 3.28. The van der Waals surface area contributed by atoms with E-state index in [-0.39, 0.29) is 5.91 Å². The lowest BCUT2D eigenvalue weighted by Crippen LogP contribution is -2.11. The fourth-order valence-electron chi connectivity index (χ4n) is 2.14. The van der Waals surface area contributed by atoms with Crippen molar-refractivity contribution in [2.75, 3.05) is 5.32 Å². The van der Waals surface area contributed by atoms with Gasteiger partial charge < -0.3 is 9.40 Å². The predicted molar refractivity (Wildman–Crippen MR) is 91.6 cm³/mol. The number of hydrogen-bond donors (Lipinski definition) is 2. The Hall–Kier alpha value is -3.26. The van der Waals surface area contributed by atoms with E-state index >= 15 is 0 Å². The summed E-state index contributed by atoms with van der Waals surface area (Å²) >= 11 is 1.28. The number of aromatic amines is 1. The van der Waals surface area contributed by atoms with Crippen molar-refractivity contribution >= 4 is 45.6 Å². The van der Waals surface area contributed by atoms with Gasteiger partial charge in [-0.15, -0.1) is 10.2 Å². The highest BCUT2D eigenvalue weighted by atomic mass is 32.1. The number of rotatable bonds is 4. The Morgan fingerprint density at radius 1 is 1.25 bits per heavy atom. The monoisotopic (exact) mass is 337 g/mol. The van der Waals surface area contributed by atoms with E-state index in [0.29, 0.717) is 15.7 Å². The van der Waals surface area contributed by atoms with Gasteiger partial charge in [-0.1, -0.05) is 11.3 Å². The second kappa shape index (κ2) is 6.09. The molecular formula is C16H11N5O2S. The molecule has 0 aliphatic heterocycles. The van der Waals surface area contributed by atoms with Gasteiger partial charge in [-0.25, -0.2) is 4.98 Å². The number of imidazole rings is 1. The Labute approximate surface area is 140 Å². The zero-order chi connectivity index (χ0) is 16.4. The van der Waals surface area contributed by atoms with E-state index in [2.05, 4.69) is 25.5 Å². The molecule has 0 spiro atoms. The lowest BCUT2D eigenvalue weighted by Gasteiger charge is -2.00. The van der Waals surface area contributed by atoms with Crippen molar-refractivity contribution in [2.24, 2.45) is 0 Å². The van der Waals surface area contributed by atoms with Crippen molar-refractivity contribution in [3.63, 3.8) is 0 Å². The SMILES string of the molecule is O=C(Nc1nnc(C=Cc2ccco2)s1)c1ccc2nc[nH]c2c1. The number of nitrogens with one attached hydrogen (secondary N) is 2. The summed E-state index contributed by atoms with van der Waals surface area (Å²) < 4.78 is 5.20. The minimum absolute atomic E-state index is 0.246. The summed E-state index contributed by atoms with van der Waals surface area (Å²) in [5.41, 5.74) is 2.14. The van der Waals surface area contributed by atoms with Crippen LogP contribution < -0.4 is 5.32 Å². The molecule has 0 atom stereocenters. The third-order valence-corrected chi connectivity index (χ3v) is 4.08. The van der Waals surface area contributed by atoms with Crippen LogP contribution in [0.5, 0.6) is 0 Å². The van der Waals surface area contributed by atoms with Gasteiger partial charge >= 0.3 is 0 Å². The Morgan fingerprint density at radius 2 is 2.21 bits per heavy atom. The minimum Gasteiger partial charge on any atom is -0.465 e. The highest BCUT2D eigenvalue weighted by molar-refractivity contribution is 7.16. The normalized spacial score (nSPS) is 11.3. The van der Waals surface area contributed by atoms with Crippen molar-refractivity contribution in [2.45, 2.75) is 0 Å². The fourth-order valence-corrected chi connectivity index (χ4v) is 2.78. The highest BCUT2D eigenvalue weighted by Gasteiger charge is 2.10. The van der Waals surface area contributed by atoms with E-state index in [0.717, 1.165) is 16.8 Å². The van der Waals surface area contributed by atoms with Gasteiger partial charge in [0, 0.05) is 5.56 Å². The summed E-state index contributed by atoms with van der Waals surface area (Å²) in [6, 6.07) is 8.90. The zero-order valence-corrected chi connectivity index (χ0v) is 13.1. The van der Waals surface area contributed by atoms with E-state index in [1.807, 2.05) is 12.1 Å². The Kier molecular flexibility index (Phi) is 3.64. The number of carbonyl (C=O) groups is 1. The number of furan rings is 1. The molecule has 2 N–H and O–H groups in total. The summed E-state index contributed by atoms with van der Waals surface area (Å²) in [7, 11) is 0. The van der Waals surface area contributed by atoms with Gasteiger partial charge in [0.1, 0.15) is 10.8 Å². The molecule has 0 saturated heterocycles. The molecule has 0 radical (unpaired) electrons. The molecule has 7 nitrogen and oxygen atoms in total. The van der Waals surface area contributed by atoms with E-state index in [4.69, 9.17) is 4.42 Å². The average Bonchev–Trinajstić information content (AvgIpc) is 3.33. The largest absolute Gasteiger partial charge is 0.465 e. The molecule has 3 heterocycles. The first-order chi connectivity index (χ1) is 11.8. The van der Waals surface area contributed by atoms with Crippen LogP contribution in [0.3, 0.4) is 0 Å². The smallest absolute Gasteiger partial charge is 0.257 e. The topological polar surface area (TPSA) is 96.7 Å². The number of aromatic nitrogens is 4. The van der Waals surface area contributed by atoms with Crippen LogP contribution in [0.1, 0.15) is 21.1 Å². The molecule has 0 fully saturated rings. The second-order valence-electron chi connectivity index (χ2n) is 4.88. The summed E-state index contributed by atoms with van der Waals surface area (Å²) in [5, 5.41) is 11.8. The standard InChI is InChI=1S/C16H11N5O2S/c22-15(10-3-5-12-13(8-10)18-9-17-12)19-16-21-20-14(24-16)6-4-11-2-1-7-23-11/h1-9H,(H,17,18)(H,19,21,22). The van der Waals surface area contributed by atoms with Crippen molar-refractivity contribution in [3.8, 4) is 0 Å². The molecule has 8 heteroatoms. The van der Waals surface area contributed by atoms with Crippen molar-refractivity contribution in [1.82, 2.24) is 20.2 Å². The molecule has 0 aliphatic rings. The van der Waals surface area contributed by atoms with E-state index in [1.165, 1.54) is 11.3 Å². The molecule has 24 heavy (non-hydrogen) atoms. The molecular weight excluding hydrogens is 326 g/mol. The van der Waals surface area contributed by atoms with E-state index in [9.17, 15) is 4.79 Å². The van der Waals surface area contributed by atoms with Crippen molar-refractivity contribution < 1.29 is 9.21 Å². The summed E-state index contributed by atoms with van der Waals surface area (Å²) in [4.78, 5) is 19.4. The Morgan fingerprint density at radius 3 is 3.08 bits per heavy atom. The van der Waals surface area contributed by atoms with Crippen molar-refractivity contribution in [1.29, 1.82) is 0 Å². The van der Waals surface area contributed by atoms with Gasteiger partial charge in [-0.05, 0) is 42.5 Å². The first kappa shape index (κ1) is 14.3. The molecule has 3 aromatic heterocycles. The van der Waals surface area contributed by atoms with Crippen LogP contribution in [0.4, 0.5) is 5.13 Å². The minimum atomic E-state index is -0.246. The molecule has 0 aliphatic carbocycles. The number of carbonyl (C=O) groups excluding carboxylic acids is 1. The molecule has 0 saturated carbocycles. The summed E-state index contributed by atoms with van der Waals surface area (Å²) in [6.45, 7) is 0. The molecule has 1 aromatic carbocycles. The van der Waals surface area contributed by atoms with Gasteiger partial charge in [0.15, 0.2) is 0 Å². The maximum Gasteiger partial charge on any atom is 0.257 e. The molecule has 4 rings (SSSR count). The summed E-state index contributed by atoms with van der Waals surface area (Å²) in [5.74, 6) is 0.479. The molecule has 1 amide bonds.